The summed E-state index contributed by atoms with van der Waals surface area (Å²) in [5.41, 5.74) is 3.38. The molecule has 0 saturated heterocycles. The second-order valence-corrected chi connectivity index (χ2v) is 5.59. The molecule has 1 amide bonds. The van der Waals surface area contributed by atoms with E-state index in [1.54, 1.807) is 12.3 Å². The lowest BCUT2D eigenvalue weighted by molar-refractivity contribution is 0.102. The van der Waals surface area contributed by atoms with Gasteiger partial charge >= 0.3 is 0 Å². The van der Waals surface area contributed by atoms with Crippen molar-refractivity contribution in [1.82, 2.24) is 4.98 Å². The van der Waals surface area contributed by atoms with Crippen LogP contribution in [0.1, 0.15) is 49.2 Å². The molecule has 0 aliphatic carbocycles. The average Bonchev–Trinajstić information content (AvgIpc) is 2.54. The Morgan fingerprint density at radius 3 is 2.32 bits per heavy atom. The van der Waals surface area contributed by atoms with Crippen LogP contribution in [0.3, 0.4) is 0 Å². The molecule has 0 bridgehead atoms. The minimum atomic E-state index is -0.195. The van der Waals surface area contributed by atoms with Crippen LogP contribution < -0.4 is 10.6 Å². The molecule has 0 aliphatic rings. The summed E-state index contributed by atoms with van der Waals surface area (Å²) in [7, 11) is 0. The molecule has 0 atom stereocenters. The van der Waals surface area contributed by atoms with Crippen LogP contribution in [0.4, 0.5) is 11.4 Å². The van der Waals surface area contributed by atoms with Gasteiger partial charge in [0.05, 0.1) is 11.9 Å². The number of carbonyl (C=O) groups excluding carboxylic acids is 1. The SMILES string of the molecule is CCCNc1ccc(C(=O)Nc2ccc(C(C)C)cc2)nc1. The van der Waals surface area contributed by atoms with Gasteiger partial charge in [0.25, 0.3) is 5.91 Å². The zero-order valence-electron chi connectivity index (χ0n) is 13.4. The molecule has 0 saturated carbocycles. The van der Waals surface area contributed by atoms with Gasteiger partial charge in [-0.25, -0.2) is 4.98 Å². The van der Waals surface area contributed by atoms with Crippen molar-refractivity contribution in [2.45, 2.75) is 33.1 Å². The summed E-state index contributed by atoms with van der Waals surface area (Å²) in [4.78, 5) is 16.4. The van der Waals surface area contributed by atoms with Crippen molar-refractivity contribution < 1.29 is 4.79 Å². The number of carbonyl (C=O) groups is 1. The van der Waals surface area contributed by atoms with Crippen LogP contribution >= 0.6 is 0 Å². The van der Waals surface area contributed by atoms with Gasteiger partial charge in [-0.3, -0.25) is 4.79 Å². The van der Waals surface area contributed by atoms with Gasteiger partial charge in [0, 0.05) is 12.2 Å². The molecular formula is C18H23N3O. The van der Waals surface area contributed by atoms with Crippen molar-refractivity contribution in [3.63, 3.8) is 0 Å². The maximum atomic E-state index is 12.2. The number of nitrogens with one attached hydrogen (secondary N) is 2. The normalized spacial score (nSPS) is 10.5. The Morgan fingerprint density at radius 2 is 1.77 bits per heavy atom. The quantitative estimate of drug-likeness (QED) is 0.836. The van der Waals surface area contributed by atoms with E-state index < -0.39 is 0 Å². The molecule has 0 unspecified atom stereocenters. The number of rotatable bonds is 6. The van der Waals surface area contributed by atoms with Crippen LogP contribution in [0.25, 0.3) is 0 Å². The van der Waals surface area contributed by atoms with Crippen molar-refractivity contribution in [2.75, 3.05) is 17.2 Å². The van der Waals surface area contributed by atoms with Gasteiger partial charge in [-0.2, -0.15) is 0 Å². The number of hydrogen-bond donors (Lipinski definition) is 2. The van der Waals surface area contributed by atoms with Crippen molar-refractivity contribution in [3.05, 3.63) is 53.9 Å². The van der Waals surface area contributed by atoms with E-state index in [0.717, 1.165) is 24.3 Å². The maximum absolute atomic E-state index is 12.2. The molecule has 1 aromatic heterocycles. The molecule has 2 aromatic rings. The Morgan fingerprint density at radius 1 is 1.09 bits per heavy atom. The van der Waals surface area contributed by atoms with E-state index >= 15 is 0 Å². The predicted octanol–water partition coefficient (Wildman–Crippen LogP) is 4.28. The van der Waals surface area contributed by atoms with E-state index in [-0.39, 0.29) is 5.91 Å². The molecule has 4 nitrogen and oxygen atoms in total. The first-order valence-electron chi connectivity index (χ1n) is 7.71. The minimum Gasteiger partial charge on any atom is -0.384 e. The van der Waals surface area contributed by atoms with Gasteiger partial charge in [-0.15, -0.1) is 0 Å². The summed E-state index contributed by atoms with van der Waals surface area (Å²) < 4.78 is 0. The van der Waals surface area contributed by atoms with Crippen molar-refractivity contribution in [1.29, 1.82) is 0 Å². The van der Waals surface area contributed by atoms with Crippen LogP contribution in [-0.4, -0.2) is 17.4 Å². The Bertz CT molecular complexity index is 603. The lowest BCUT2D eigenvalue weighted by Gasteiger charge is -2.09. The molecule has 0 spiro atoms. The second-order valence-electron chi connectivity index (χ2n) is 5.59. The monoisotopic (exact) mass is 297 g/mol. The summed E-state index contributed by atoms with van der Waals surface area (Å²) in [6.07, 6.45) is 2.74. The first kappa shape index (κ1) is 16.0. The largest absolute Gasteiger partial charge is 0.384 e. The number of aromatic nitrogens is 1. The summed E-state index contributed by atoms with van der Waals surface area (Å²) in [5, 5.41) is 6.10. The Hall–Kier alpha value is -2.36. The molecule has 0 radical (unpaired) electrons. The van der Waals surface area contributed by atoms with Gasteiger partial charge in [-0.1, -0.05) is 32.9 Å². The first-order chi connectivity index (χ1) is 10.6. The van der Waals surface area contributed by atoms with E-state index in [1.807, 2.05) is 30.3 Å². The van der Waals surface area contributed by atoms with Crippen LogP contribution in [0, 0.1) is 0 Å². The van der Waals surface area contributed by atoms with E-state index in [4.69, 9.17) is 0 Å². The predicted molar refractivity (Wildman–Crippen MR) is 91.5 cm³/mol. The van der Waals surface area contributed by atoms with Crippen LogP contribution in [-0.2, 0) is 0 Å². The molecule has 1 aromatic carbocycles. The van der Waals surface area contributed by atoms with Crippen LogP contribution in [0.15, 0.2) is 42.6 Å². The fraction of sp³-hybridized carbons (Fsp3) is 0.333. The van der Waals surface area contributed by atoms with Gasteiger partial charge in [0.15, 0.2) is 0 Å². The lowest BCUT2D eigenvalue weighted by Crippen LogP contribution is -2.13. The van der Waals surface area contributed by atoms with E-state index in [2.05, 4.69) is 36.4 Å². The molecule has 22 heavy (non-hydrogen) atoms. The Balaban J connectivity index is 1.99. The highest BCUT2D eigenvalue weighted by Crippen LogP contribution is 2.17. The number of nitrogens with zero attached hydrogens (tertiary/aromatic N) is 1. The molecule has 4 heteroatoms. The molecule has 0 fully saturated rings. The number of hydrogen-bond acceptors (Lipinski definition) is 3. The molecule has 2 rings (SSSR count). The van der Waals surface area contributed by atoms with Crippen molar-refractivity contribution in [3.8, 4) is 0 Å². The van der Waals surface area contributed by atoms with Crippen LogP contribution in [0.2, 0.25) is 0 Å². The summed E-state index contributed by atoms with van der Waals surface area (Å²) in [6.45, 7) is 7.29. The number of anilines is 2. The molecule has 2 N–H and O–H groups in total. The van der Waals surface area contributed by atoms with E-state index in [9.17, 15) is 4.79 Å². The highest BCUT2D eigenvalue weighted by atomic mass is 16.1. The number of pyridine rings is 1. The average molecular weight is 297 g/mol. The summed E-state index contributed by atoms with van der Waals surface area (Å²) in [5.74, 6) is 0.286. The number of amides is 1. The van der Waals surface area contributed by atoms with Gasteiger partial charge < -0.3 is 10.6 Å². The van der Waals surface area contributed by atoms with Gasteiger partial charge in [0.2, 0.25) is 0 Å². The molecule has 0 aliphatic heterocycles. The van der Waals surface area contributed by atoms with E-state index in [0.29, 0.717) is 11.6 Å². The lowest BCUT2D eigenvalue weighted by atomic mass is 10.0. The summed E-state index contributed by atoms with van der Waals surface area (Å²) >= 11 is 0. The third kappa shape index (κ3) is 4.32. The van der Waals surface area contributed by atoms with Gasteiger partial charge in [0.1, 0.15) is 5.69 Å². The Kier molecular flexibility index (Phi) is 5.53. The van der Waals surface area contributed by atoms with E-state index in [1.165, 1.54) is 5.56 Å². The van der Waals surface area contributed by atoms with Crippen molar-refractivity contribution >= 4 is 17.3 Å². The minimum absolute atomic E-state index is 0.195. The first-order valence-corrected chi connectivity index (χ1v) is 7.71. The third-order valence-corrected chi connectivity index (χ3v) is 3.41. The zero-order valence-corrected chi connectivity index (χ0v) is 13.4. The topological polar surface area (TPSA) is 54.0 Å². The third-order valence-electron chi connectivity index (χ3n) is 3.41. The fourth-order valence-corrected chi connectivity index (χ4v) is 2.05. The zero-order chi connectivity index (χ0) is 15.9. The highest BCUT2D eigenvalue weighted by Gasteiger charge is 2.08. The standard InChI is InChI=1S/C18H23N3O/c1-4-11-19-16-9-10-17(20-12-16)18(22)21-15-7-5-14(6-8-15)13(2)3/h5-10,12-13,19H,4,11H2,1-3H3,(H,21,22). The molecule has 116 valence electrons. The fourth-order valence-electron chi connectivity index (χ4n) is 2.05. The Labute approximate surface area is 132 Å². The summed E-state index contributed by atoms with van der Waals surface area (Å²) in [6, 6.07) is 11.5. The van der Waals surface area contributed by atoms with Gasteiger partial charge in [-0.05, 0) is 42.2 Å². The highest BCUT2D eigenvalue weighted by molar-refractivity contribution is 6.02. The van der Waals surface area contributed by atoms with Crippen LogP contribution in [0.5, 0.6) is 0 Å². The maximum Gasteiger partial charge on any atom is 0.274 e. The number of benzene rings is 1. The van der Waals surface area contributed by atoms with Crippen molar-refractivity contribution in [2.24, 2.45) is 0 Å². The smallest absolute Gasteiger partial charge is 0.274 e. The molecular weight excluding hydrogens is 274 g/mol. The second kappa shape index (κ2) is 7.59. The molecule has 1 heterocycles.